The fourth-order valence-corrected chi connectivity index (χ4v) is 4.51. The van der Waals surface area contributed by atoms with Gasteiger partial charge >= 0.3 is 0 Å². The van der Waals surface area contributed by atoms with E-state index in [1.165, 1.54) is 25.6 Å². The highest BCUT2D eigenvalue weighted by Gasteiger charge is 2.24. The number of methoxy groups -OCH3 is 1. The van der Waals surface area contributed by atoms with Gasteiger partial charge in [-0.15, -0.1) is 0 Å². The summed E-state index contributed by atoms with van der Waals surface area (Å²) in [5.74, 6) is -0.468. The van der Waals surface area contributed by atoms with Crippen LogP contribution in [0.4, 0.5) is 4.39 Å². The molecule has 2 heterocycles. The van der Waals surface area contributed by atoms with E-state index in [0.29, 0.717) is 16.5 Å². The molecule has 0 aliphatic heterocycles. The zero-order valence-corrected chi connectivity index (χ0v) is 16.1. The number of benzene rings is 2. The molecule has 0 saturated carbocycles. The van der Waals surface area contributed by atoms with Crippen LogP contribution in [0.2, 0.25) is 0 Å². The second kappa shape index (κ2) is 6.76. The molecule has 0 atom stereocenters. The lowest BCUT2D eigenvalue weighted by molar-refractivity contribution is 0.388. The molecule has 0 aliphatic rings. The Labute approximate surface area is 162 Å². The average Bonchev–Trinajstić information content (AvgIpc) is 3.08. The van der Waals surface area contributed by atoms with Gasteiger partial charge in [0.2, 0.25) is 0 Å². The lowest BCUT2D eigenvalue weighted by Gasteiger charge is -2.08. The van der Waals surface area contributed by atoms with Crippen molar-refractivity contribution in [3.8, 4) is 16.9 Å². The Kier molecular flexibility index (Phi) is 4.39. The number of para-hydroxylation sites is 1. The van der Waals surface area contributed by atoms with Crippen molar-refractivity contribution in [2.75, 3.05) is 7.11 Å². The zero-order chi connectivity index (χ0) is 19.9. The van der Waals surface area contributed by atoms with Gasteiger partial charge < -0.3 is 4.74 Å². The van der Waals surface area contributed by atoms with Crippen LogP contribution in [0.1, 0.15) is 5.56 Å². The van der Waals surface area contributed by atoms with Crippen molar-refractivity contribution < 1.29 is 17.5 Å². The van der Waals surface area contributed by atoms with Gasteiger partial charge in [0.1, 0.15) is 0 Å². The van der Waals surface area contributed by atoms with Gasteiger partial charge in [-0.2, -0.15) is 0 Å². The average molecular weight is 396 g/mol. The fourth-order valence-electron chi connectivity index (χ4n) is 3.18. The van der Waals surface area contributed by atoms with Crippen LogP contribution >= 0.6 is 0 Å². The van der Waals surface area contributed by atoms with Crippen molar-refractivity contribution in [3.05, 3.63) is 78.4 Å². The van der Waals surface area contributed by atoms with Crippen molar-refractivity contribution in [3.63, 3.8) is 0 Å². The number of halogens is 1. The van der Waals surface area contributed by atoms with E-state index in [0.717, 1.165) is 9.54 Å². The van der Waals surface area contributed by atoms with E-state index in [4.69, 9.17) is 4.74 Å². The molecule has 0 radical (unpaired) electrons. The third-order valence-electron chi connectivity index (χ3n) is 4.57. The maximum Gasteiger partial charge on any atom is 0.269 e. The molecule has 0 fully saturated rings. The molecule has 0 unspecified atom stereocenters. The smallest absolute Gasteiger partial charge is 0.269 e. The zero-order valence-electron chi connectivity index (χ0n) is 15.3. The number of aromatic nitrogens is 2. The number of pyridine rings is 1. The molecule has 0 saturated heterocycles. The first-order valence-corrected chi connectivity index (χ1v) is 9.98. The standard InChI is InChI=1S/C21H17FN2O3S/c1-14-8-10-15(11-9-14)28(25,26)24-13-18(17-6-4-12-23-21(17)24)16-5-3-7-19(22)20(16)27-2/h3-13H,1-2H3. The van der Waals surface area contributed by atoms with Gasteiger partial charge in [-0.05, 0) is 37.3 Å². The Morgan fingerprint density at radius 1 is 1.00 bits per heavy atom. The number of ether oxygens (including phenoxy) is 1. The molecule has 0 N–H and O–H groups in total. The van der Waals surface area contributed by atoms with Crippen LogP contribution in [-0.4, -0.2) is 24.5 Å². The Morgan fingerprint density at radius 2 is 1.75 bits per heavy atom. The van der Waals surface area contributed by atoms with Crippen molar-refractivity contribution in [2.45, 2.75) is 11.8 Å². The van der Waals surface area contributed by atoms with E-state index in [1.54, 1.807) is 48.5 Å². The van der Waals surface area contributed by atoms with E-state index < -0.39 is 15.8 Å². The number of hydrogen-bond donors (Lipinski definition) is 0. The summed E-state index contributed by atoms with van der Waals surface area (Å²) in [5.41, 5.74) is 2.21. The Hall–Kier alpha value is -3.19. The third kappa shape index (κ3) is 2.84. The first kappa shape index (κ1) is 18.2. The van der Waals surface area contributed by atoms with E-state index >= 15 is 0 Å². The minimum atomic E-state index is -3.88. The number of nitrogens with zero attached hydrogens (tertiary/aromatic N) is 2. The number of hydrogen-bond acceptors (Lipinski definition) is 4. The van der Waals surface area contributed by atoms with Gasteiger partial charge in [0.15, 0.2) is 17.2 Å². The van der Waals surface area contributed by atoms with Crippen LogP contribution in [-0.2, 0) is 10.0 Å². The number of rotatable bonds is 4. The van der Waals surface area contributed by atoms with Crippen molar-refractivity contribution >= 4 is 21.1 Å². The molecule has 2 aromatic carbocycles. The molecule has 7 heteroatoms. The maximum atomic E-state index is 14.2. The van der Waals surface area contributed by atoms with Gasteiger partial charge in [0, 0.05) is 28.9 Å². The predicted octanol–water partition coefficient (Wildman–Crippen LogP) is 4.40. The quantitative estimate of drug-likeness (QED) is 0.513. The lowest BCUT2D eigenvalue weighted by Crippen LogP contribution is -2.12. The van der Waals surface area contributed by atoms with Gasteiger partial charge in [-0.1, -0.05) is 29.8 Å². The molecule has 0 amide bonds. The van der Waals surface area contributed by atoms with Gasteiger partial charge in [0.25, 0.3) is 10.0 Å². The summed E-state index contributed by atoms with van der Waals surface area (Å²) in [7, 11) is -2.50. The van der Waals surface area contributed by atoms with E-state index in [-0.39, 0.29) is 16.3 Å². The second-order valence-corrected chi connectivity index (χ2v) is 8.17. The van der Waals surface area contributed by atoms with Gasteiger partial charge in [-0.25, -0.2) is 21.8 Å². The second-order valence-electron chi connectivity index (χ2n) is 6.35. The lowest BCUT2D eigenvalue weighted by atomic mass is 10.0. The van der Waals surface area contributed by atoms with Gasteiger partial charge in [0.05, 0.1) is 12.0 Å². The molecular formula is C21H17FN2O3S. The minimum absolute atomic E-state index is 0.0538. The summed E-state index contributed by atoms with van der Waals surface area (Å²) < 4.78 is 47.0. The summed E-state index contributed by atoms with van der Waals surface area (Å²) in [6, 6.07) is 14.6. The van der Waals surface area contributed by atoms with Crippen LogP contribution in [0.5, 0.6) is 5.75 Å². The monoisotopic (exact) mass is 396 g/mol. The van der Waals surface area contributed by atoms with E-state index in [9.17, 15) is 12.8 Å². The van der Waals surface area contributed by atoms with Gasteiger partial charge in [-0.3, -0.25) is 0 Å². The molecule has 28 heavy (non-hydrogen) atoms. The number of fused-ring (bicyclic) bond motifs is 1. The first-order chi connectivity index (χ1) is 13.4. The van der Waals surface area contributed by atoms with Crippen LogP contribution < -0.4 is 4.74 Å². The Balaban J connectivity index is 2.01. The summed E-state index contributed by atoms with van der Waals surface area (Å²) in [4.78, 5) is 4.42. The van der Waals surface area contributed by atoms with E-state index in [2.05, 4.69) is 4.98 Å². The fraction of sp³-hybridized carbons (Fsp3) is 0.0952. The predicted molar refractivity (Wildman–Crippen MR) is 105 cm³/mol. The Bertz CT molecular complexity index is 1280. The van der Waals surface area contributed by atoms with Crippen molar-refractivity contribution in [2.24, 2.45) is 0 Å². The molecule has 4 aromatic rings. The third-order valence-corrected chi connectivity index (χ3v) is 6.24. The highest BCUT2D eigenvalue weighted by Crippen LogP contribution is 2.38. The highest BCUT2D eigenvalue weighted by atomic mass is 32.2. The molecule has 4 rings (SSSR count). The van der Waals surface area contributed by atoms with Crippen LogP contribution in [0.25, 0.3) is 22.2 Å². The van der Waals surface area contributed by atoms with Crippen molar-refractivity contribution in [1.29, 1.82) is 0 Å². The molecule has 5 nitrogen and oxygen atoms in total. The highest BCUT2D eigenvalue weighted by molar-refractivity contribution is 7.90. The summed E-state index contributed by atoms with van der Waals surface area (Å²) in [6.45, 7) is 1.89. The van der Waals surface area contributed by atoms with Crippen LogP contribution in [0, 0.1) is 12.7 Å². The first-order valence-electron chi connectivity index (χ1n) is 8.54. The molecule has 0 bridgehead atoms. The normalized spacial score (nSPS) is 11.7. The van der Waals surface area contributed by atoms with Crippen LogP contribution in [0.3, 0.4) is 0 Å². The molecule has 142 valence electrons. The maximum absolute atomic E-state index is 14.2. The summed E-state index contributed by atoms with van der Waals surface area (Å²) in [5, 5.41) is 0.585. The van der Waals surface area contributed by atoms with Crippen LogP contribution in [0.15, 0.2) is 71.9 Å². The largest absolute Gasteiger partial charge is 0.493 e. The summed E-state index contributed by atoms with van der Waals surface area (Å²) >= 11 is 0. The molecular weight excluding hydrogens is 379 g/mol. The summed E-state index contributed by atoms with van der Waals surface area (Å²) in [6.07, 6.45) is 2.99. The molecule has 0 spiro atoms. The molecule has 0 aliphatic carbocycles. The Morgan fingerprint density at radius 3 is 2.46 bits per heavy atom. The SMILES string of the molecule is COc1c(F)cccc1-c1cn(S(=O)(=O)c2ccc(C)cc2)c2ncccc12. The molecule has 2 aromatic heterocycles. The minimum Gasteiger partial charge on any atom is -0.493 e. The topological polar surface area (TPSA) is 61.2 Å². The van der Waals surface area contributed by atoms with E-state index in [1.807, 2.05) is 6.92 Å². The van der Waals surface area contributed by atoms with Crippen molar-refractivity contribution in [1.82, 2.24) is 8.96 Å². The number of aryl methyl sites for hydroxylation is 1.